The van der Waals surface area contributed by atoms with Crippen molar-refractivity contribution >= 4 is 27.3 Å². The minimum atomic E-state index is -3.71. The van der Waals surface area contributed by atoms with Gasteiger partial charge < -0.3 is 4.42 Å². The molecular weight excluding hydrogens is 360 g/mol. The standard InChI is InChI=1S/C18H17ClN2O3S/c1-11-4-7-15(19)10-17(11)21-25(22,23)16-8-5-14(6-9-16)18-12(2)24-13(3)20-18/h4-10,21H,1-3H3. The first kappa shape index (κ1) is 17.5. The second kappa shape index (κ2) is 6.54. The zero-order valence-corrected chi connectivity index (χ0v) is 15.6. The first-order chi connectivity index (χ1) is 11.8. The van der Waals surface area contributed by atoms with Crippen LogP contribution in [-0.2, 0) is 10.0 Å². The Morgan fingerprint density at radius 3 is 2.32 bits per heavy atom. The van der Waals surface area contributed by atoms with Gasteiger partial charge in [-0.2, -0.15) is 0 Å². The van der Waals surface area contributed by atoms with E-state index in [1.165, 1.54) is 0 Å². The van der Waals surface area contributed by atoms with Crippen molar-refractivity contribution in [2.75, 3.05) is 4.72 Å². The van der Waals surface area contributed by atoms with Gasteiger partial charge >= 0.3 is 0 Å². The lowest BCUT2D eigenvalue weighted by Crippen LogP contribution is -2.13. The van der Waals surface area contributed by atoms with Crippen molar-refractivity contribution in [1.29, 1.82) is 0 Å². The number of benzene rings is 2. The van der Waals surface area contributed by atoms with Crippen molar-refractivity contribution < 1.29 is 12.8 Å². The molecule has 0 atom stereocenters. The lowest BCUT2D eigenvalue weighted by Gasteiger charge is -2.11. The Kier molecular flexibility index (Phi) is 4.58. The summed E-state index contributed by atoms with van der Waals surface area (Å²) in [7, 11) is -3.71. The van der Waals surface area contributed by atoms with Gasteiger partial charge in [-0.05, 0) is 43.7 Å². The van der Waals surface area contributed by atoms with Crippen LogP contribution in [0.5, 0.6) is 0 Å². The number of sulfonamides is 1. The van der Waals surface area contributed by atoms with Crippen LogP contribution in [0, 0.1) is 20.8 Å². The molecule has 0 unspecified atom stereocenters. The molecule has 3 aromatic rings. The molecule has 3 rings (SSSR count). The number of halogens is 1. The van der Waals surface area contributed by atoms with E-state index in [4.69, 9.17) is 16.0 Å². The van der Waals surface area contributed by atoms with E-state index in [-0.39, 0.29) is 4.90 Å². The molecule has 5 nitrogen and oxygen atoms in total. The summed E-state index contributed by atoms with van der Waals surface area (Å²) in [5, 5.41) is 0.468. The third-order valence-electron chi connectivity index (χ3n) is 3.79. The number of aromatic nitrogens is 1. The largest absolute Gasteiger partial charge is 0.446 e. The lowest BCUT2D eigenvalue weighted by molar-refractivity contribution is 0.495. The molecule has 130 valence electrons. The van der Waals surface area contributed by atoms with E-state index in [1.54, 1.807) is 49.4 Å². The van der Waals surface area contributed by atoms with Gasteiger partial charge in [-0.25, -0.2) is 13.4 Å². The van der Waals surface area contributed by atoms with Crippen molar-refractivity contribution in [3.8, 4) is 11.3 Å². The maximum atomic E-state index is 12.6. The van der Waals surface area contributed by atoms with Crippen LogP contribution in [0.25, 0.3) is 11.3 Å². The average Bonchev–Trinajstić information content (AvgIpc) is 2.89. The molecule has 0 bridgehead atoms. The van der Waals surface area contributed by atoms with Crippen molar-refractivity contribution in [1.82, 2.24) is 4.98 Å². The zero-order valence-electron chi connectivity index (χ0n) is 14.0. The van der Waals surface area contributed by atoms with E-state index in [0.717, 1.165) is 11.1 Å². The Morgan fingerprint density at radius 2 is 1.72 bits per heavy atom. The predicted molar refractivity (Wildman–Crippen MR) is 98.4 cm³/mol. The van der Waals surface area contributed by atoms with Gasteiger partial charge in [0, 0.05) is 17.5 Å². The quantitative estimate of drug-likeness (QED) is 0.715. The molecule has 0 amide bonds. The van der Waals surface area contributed by atoms with Crippen LogP contribution < -0.4 is 4.72 Å². The first-order valence-electron chi connectivity index (χ1n) is 7.60. The molecule has 25 heavy (non-hydrogen) atoms. The topological polar surface area (TPSA) is 72.2 Å². The van der Waals surface area contributed by atoms with Crippen LogP contribution in [0.1, 0.15) is 17.2 Å². The monoisotopic (exact) mass is 376 g/mol. The number of nitrogens with zero attached hydrogens (tertiary/aromatic N) is 1. The highest BCUT2D eigenvalue weighted by Crippen LogP contribution is 2.26. The highest BCUT2D eigenvalue weighted by molar-refractivity contribution is 7.92. The summed E-state index contributed by atoms with van der Waals surface area (Å²) in [6.07, 6.45) is 0. The summed E-state index contributed by atoms with van der Waals surface area (Å²) in [5.41, 5.74) is 2.75. The Labute approximate surface area is 151 Å². The Morgan fingerprint density at radius 1 is 1.04 bits per heavy atom. The summed E-state index contributed by atoms with van der Waals surface area (Å²) in [6, 6.07) is 11.6. The van der Waals surface area contributed by atoms with E-state index in [0.29, 0.717) is 28.1 Å². The highest BCUT2D eigenvalue weighted by Gasteiger charge is 2.17. The molecule has 0 fully saturated rings. The van der Waals surface area contributed by atoms with Gasteiger partial charge in [0.25, 0.3) is 10.0 Å². The fourth-order valence-corrected chi connectivity index (χ4v) is 3.79. The Balaban J connectivity index is 1.90. The van der Waals surface area contributed by atoms with E-state index in [1.807, 2.05) is 13.8 Å². The van der Waals surface area contributed by atoms with Gasteiger partial charge in [-0.15, -0.1) is 0 Å². The SMILES string of the molecule is Cc1nc(-c2ccc(S(=O)(=O)Nc3cc(Cl)ccc3C)cc2)c(C)o1. The summed E-state index contributed by atoms with van der Waals surface area (Å²) < 4.78 is 33.2. The summed E-state index contributed by atoms with van der Waals surface area (Å²) in [6.45, 7) is 5.41. The van der Waals surface area contributed by atoms with E-state index >= 15 is 0 Å². The van der Waals surface area contributed by atoms with Gasteiger partial charge in [0.15, 0.2) is 5.89 Å². The van der Waals surface area contributed by atoms with Crippen molar-refractivity contribution in [3.63, 3.8) is 0 Å². The van der Waals surface area contributed by atoms with Gasteiger partial charge in [0.1, 0.15) is 11.5 Å². The van der Waals surface area contributed by atoms with Gasteiger partial charge in [0.05, 0.1) is 10.6 Å². The van der Waals surface area contributed by atoms with E-state index in [2.05, 4.69) is 9.71 Å². The molecule has 0 aliphatic heterocycles. The number of anilines is 1. The molecule has 0 saturated carbocycles. The first-order valence-corrected chi connectivity index (χ1v) is 9.46. The summed E-state index contributed by atoms with van der Waals surface area (Å²) in [4.78, 5) is 4.48. The smallest absolute Gasteiger partial charge is 0.261 e. The van der Waals surface area contributed by atoms with E-state index in [9.17, 15) is 8.42 Å². The second-order valence-electron chi connectivity index (χ2n) is 5.73. The Bertz CT molecular complexity index is 1020. The molecule has 2 aromatic carbocycles. The molecule has 0 spiro atoms. The van der Waals surface area contributed by atoms with Crippen LogP contribution in [0.2, 0.25) is 5.02 Å². The fourth-order valence-electron chi connectivity index (χ4n) is 2.50. The number of rotatable bonds is 4. The second-order valence-corrected chi connectivity index (χ2v) is 7.85. The molecule has 1 N–H and O–H groups in total. The number of nitrogens with one attached hydrogen (secondary N) is 1. The van der Waals surface area contributed by atoms with Gasteiger partial charge in [-0.3, -0.25) is 4.72 Å². The van der Waals surface area contributed by atoms with Crippen molar-refractivity contribution in [2.45, 2.75) is 25.7 Å². The van der Waals surface area contributed by atoms with Crippen LogP contribution >= 0.6 is 11.6 Å². The predicted octanol–water partition coefficient (Wildman–Crippen LogP) is 4.72. The molecule has 0 aliphatic carbocycles. The molecule has 1 aromatic heterocycles. The fraction of sp³-hybridized carbons (Fsp3) is 0.167. The maximum absolute atomic E-state index is 12.6. The van der Waals surface area contributed by atoms with Crippen LogP contribution in [0.15, 0.2) is 51.8 Å². The number of oxazole rings is 1. The third kappa shape index (κ3) is 3.70. The van der Waals surface area contributed by atoms with Gasteiger partial charge in [-0.1, -0.05) is 29.8 Å². The van der Waals surface area contributed by atoms with Crippen LogP contribution in [0.3, 0.4) is 0 Å². The van der Waals surface area contributed by atoms with Crippen LogP contribution in [-0.4, -0.2) is 13.4 Å². The molecule has 1 heterocycles. The normalized spacial score (nSPS) is 11.5. The maximum Gasteiger partial charge on any atom is 0.261 e. The van der Waals surface area contributed by atoms with Crippen molar-refractivity contribution in [3.05, 3.63) is 64.7 Å². The van der Waals surface area contributed by atoms with Gasteiger partial charge in [0.2, 0.25) is 0 Å². The minimum absolute atomic E-state index is 0.161. The lowest BCUT2D eigenvalue weighted by atomic mass is 10.1. The number of hydrogen-bond acceptors (Lipinski definition) is 4. The molecule has 0 radical (unpaired) electrons. The Hall–Kier alpha value is -2.31. The number of aryl methyl sites for hydroxylation is 3. The number of hydrogen-bond donors (Lipinski definition) is 1. The molecule has 7 heteroatoms. The van der Waals surface area contributed by atoms with E-state index < -0.39 is 10.0 Å². The van der Waals surface area contributed by atoms with Crippen molar-refractivity contribution in [2.24, 2.45) is 0 Å². The highest BCUT2D eigenvalue weighted by atomic mass is 35.5. The minimum Gasteiger partial charge on any atom is -0.446 e. The van der Waals surface area contributed by atoms with Crippen LogP contribution in [0.4, 0.5) is 5.69 Å². The molecule has 0 aliphatic rings. The average molecular weight is 377 g/mol. The molecular formula is C18H17ClN2O3S. The molecule has 0 saturated heterocycles. The summed E-state index contributed by atoms with van der Waals surface area (Å²) in [5.74, 6) is 1.27. The third-order valence-corrected chi connectivity index (χ3v) is 5.40. The summed E-state index contributed by atoms with van der Waals surface area (Å²) >= 11 is 5.95. The zero-order chi connectivity index (χ0) is 18.2.